The van der Waals surface area contributed by atoms with E-state index in [1.165, 1.54) is 22.3 Å². The van der Waals surface area contributed by atoms with Gasteiger partial charge in [0, 0.05) is 52.0 Å². The van der Waals surface area contributed by atoms with Gasteiger partial charge < -0.3 is 10.6 Å². The molecule has 4 nitrogen and oxygen atoms in total. The van der Waals surface area contributed by atoms with Gasteiger partial charge in [-0.1, -0.05) is 66.7 Å². The van der Waals surface area contributed by atoms with E-state index in [0.717, 1.165) is 57.9 Å². The minimum Gasteiger partial charge on any atom is -0.311 e. The second kappa shape index (κ2) is 11.6. The van der Waals surface area contributed by atoms with Gasteiger partial charge in [-0.3, -0.25) is 9.88 Å². The first kappa shape index (κ1) is 21.4. The molecule has 0 aliphatic carbocycles. The highest BCUT2D eigenvalue weighted by molar-refractivity contribution is 5.66. The van der Waals surface area contributed by atoms with E-state index >= 15 is 0 Å². The van der Waals surface area contributed by atoms with E-state index in [1.807, 2.05) is 24.4 Å². The lowest BCUT2D eigenvalue weighted by molar-refractivity contribution is 0.294. The minimum absolute atomic E-state index is 0.815. The van der Waals surface area contributed by atoms with Gasteiger partial charge in [-0.25, -0.2) is 0 Å². The van der Waals surface area contributed by atoms with Crippen LogP contribution in [0.4, 0.5) is 0 Å². The van der Waals surface area contributed by atoms with Crippen LogP contribution >= 0.6 is 0 Å². The van der Waals surface area contributed by atoms with Crippen LogP contribution in [0.1, 0.15) is 28.8 Å². The second-order valence-corrected chi connectivity index (χ2v) is 8.07. The Bertz CT molecular complexity index is 936. The summed E-state index contributed by atoms with van der Waals surface area (Å²) in [6, 6.07) is 25.8. The Balaban J connectivity index is 1.14. The molecule has 1 aliphatic rings. The fraction of sp³-hybridized carbons (Fsp3) is 0.296. The van der Waals surface area contributed by atoms with Crippen molar-refractivity contribution in [2.75, 3.05) is 26.2 Å². The maximum Gasteiger partial charge on any atom is 0.0541 e. The van der Waals surface area contributed by atoms with Gasteiger partial charge in [0.05, 0.1) is 5.69 Å². The van der Waals surface area contributed by atoms with Gasteiger partial charge in [0.25, 0.3) is 0 Å². The molecule has 31 heavy (non-hydrogen) atoms. The van der Waals surface area contributed by atoms with Gasteiger partial charge in [0.1, 0.15) is 0 Å². The third kappa shape index (κ3) is 6.86. The highest BCUT2D eigenvalue weighted by Gasteiger charge is 2.13. The number of hydrogen-bond acceptors (Lipinski definition) is 4. The Morgan fingerprint density at radius 2 is 1.52 bits per heavy atom. The standard InChI is InChI=1S/C27H32N4/c1-2-6-25(7-3-1)26-13-18-31(19-14-26)22-24-11-9-23(10-12-24)20-28-16-17-29-21-27-8-4-5-15-30-27/h1-13,15,28-29H,14,16-22H2. The smallest absolute Gasteiger partial charge is 0.0541 e. The van der Waals surface area contributed by atoms with E-state index in [4.69, 9.17) is 0 Å². The fourth-order valence-corrected chi connectivity index (χ4v) is 3.92. The summed E-state index contributed by atoms with van der Waals surface area (Å²) in [4.78, 5) is 6.84. The molecule has 3 aromatic rings. The molecule has 2 N–H and O–H groups in total. The first-order chi connectivity index (χ1) is 15.4. The summed E-state index contributed by atoms with van der Waals surface area (Å²) in [5, 5.41) is 6.93. The predicted molar refractivity (Wildman–Crippen MR) is 128 cm³/mol. The summed E-state index contributed by atoms with van der Waals surface area (Å²) >= 11 is 0. The van der Waals surface area contributed by atoms with Gasteiger partial charge >= 0.3 is 0 Å². The molecule has 1 aliphatic heterocycles. The zero-order chi connectivity index (χ0) is 21.1. The molecule has 0 amide bonds. The molecule has 0 fully saturated rings. The van der Waals surface area contributed by atoms with Crippen LogP contribution in [-0.4, -0.2) is 36.1 Å². The highest BCUT2D eigenvalue weighted by atomic mass is 15.1. The van der Waals surface area contributed by atoms with Crippen LogP contribution in [0.2, 0.25) is 0 Å². The molecular weight excluding hydrogens is 380 g/mol. The van der Waals surface area contributed by atoms with E-state index < -0.39 is 0 Å². The first-order valence-electron chi connectivity index (χ1n) is 11.2. The third-order valence-corrected chi connectivity index (χ3v) is 5.71. The van der Waals surface area contributed by atoms with Crippen LogP contribution in [0.25, 0.3) is 5.57 Å². The first-order valence-corrected chi connectivity index (χ1v) is 11.2. The zero-order valence-electron chi connectivity index (χ0n) is 18.1. The average molecular weight is 413 g/mol. The SMILES string of the molecule is C1=C(c2ccccc2)CCN(Cc2ccc(CNCCNCc3ccccn3)cc2)C1. The van der Waals surface area contributed by atoms with Crippen LogP contribution in [-0.2, 0) is 19.6 Å². The van der Waals surface area contributed by atoms with Crippen LogP contribution in [0.15, 0.2) is 85.1 Å². The van der Waals surface area contributed by atoms with Crippen molar-refractivity contribution in [1.29, 1.82) is 0 Å². The maximum atomic E-state index is 4.32. The molecular formula is C27H32N4. The van der Waals surface area contributed by atoms with Gasteiger partial charge in [-0.05, 0) is 40.8 Å². The van der Waals surface area contributed by atoms with Crippen molar-refractivity contribution in [1.82, 2.24) is 20.5 Å². The molecule has 160 valence electrons. The number of benzene rings is 2. The maximum absolute atomic E-state index is 4.32. The van der Waals surface area contributed by atoms with Crippen molar-refractivity contribution in [2.24, 2.45) is 0 Å². The van der Waals surface area contributed by atoms with Gasteiger partial charge in [-0.15, -0.1) is 0 Å². The molecule has 0 unspecified atom stereocenters. The lowest BCUT2D eigenvalue weighted by Gasteiger charge is -2.26. The number of pyridine rings is 1. The Labute approximate surface area is 186 Å². The Morgan fingerprint density at radius 1 is 0.774 bits per heavy atom. The normalized spacial score (nSPS) is 14.4. The summed E-state index contributed by atoms with van der Waals surface area (Å²) in [5.74, 6) is 0. The number of aromatic nitrogens is 1. The highest BCUT2D eigenvalue weighted by Crippen LogP contribution is 2.23. The molecule has 0 saturated carbocycles. The summed E-state index contributed by atoms with van der Waals surface area (Å²) in [6.07, 6.45) is 5.35. The Morgan fingerprint density at radius 3 is 2.23 bits per heavy atom. The molecule has 0 radical (unpaired) electrons. The summed E-state index contributed by atoms with van der Waals surface area (Å²) in [6.45, 7) is 6.76. The zero-order valence-corrected chi connectivity index (χ0v) is 18.1. The molecule has 2 heterocycles. The number of nitrogens with zero attached hydrogens (tertiary/aromatic N) is 2. The van der Waals surface area contributed by atoms with E-state index in [9.17, 15) is 0 Å². The molecule has 2 aromatic carbocycles. The van der Waals surface area contributed by atoms with E-state index in [-0.39, 0.29) is 0 Å². The second-order valence-electron chi connectivity index (χ2n) is 8.07. The van der Waals surface area contributed by atoms with Crippen LogP contribution in [0.5, 0.6) is 0 Å². The quantitative estimate of drug-likeness (QED) is 0.489. The molecule has 0 saturated heterocycles. The number of rotatable bonds is 10. The van der Waals surface area contributed by atoms with Crippen LogP contribution in [0.3, 0.4) is 0 Å². The number of nitrogens with one attached hydrogen (secondary N) is 2. The largest absolute Gasteiger partial charge is 0.311 e. The molecule has 0 spiro atoms. The van der Waals surface area contributed by atoms with Crippen molar-refractivity contribution < 1.29 is 0 Å². The fourth-order valence-electron chi connectivity index (χ4n) is 3.92. The Kier molecular flexibility index (Phi) is 8.00. The van der Waals surface area contributed by atoms with Crippen molar-refractivity contribution in [3.8, 4) is 0 Å². The third-order valence-electron chi connectivity index (χ3n) is 5.71. The Hall–Kier alpha value is -2.79. The molecule has 4 heteroatoms. The predicted octanol–water partition coefficient (Wildman–Crippen LogP) is 4.25. The summed E-state index contributed by atoms with van der Waals surface area (Å²) < 4.78 is 0. The average Bonchev–Trinajstić information content (AvgIpc) is 2.84. The van der Waals surface area contributed by atoms with Crippen molar-refractivity contribution in [3.63, 3.8) is 0 Å². The van der Waals surface area contributed by atoms with Gasteiger partial charge in [0.2, 0.25) is 0 Å². The van der Waals surface area contributed by atoms with Gasteiger partial charge in [-0.2, -0.15) is 0 Å². The van der Waals surface area contributed by atoms with Crippen molar-refractivity contribution in [3.05, 3.63) is 107 Å². The molecule has 0 bridgehead atoms. The lowest BCUT2D eigenvalue weighted by atomic mass is 9.99. The summed E-state index contributed by atoms with van der Waals surface area (Å²) in [5.41, 5.74) is 6.65. The molecule has 0 atom stereocenters. The van der Waals surface area contributed by atoms with Crippen LogP contribution < -0.4 is 10.6 Å². The topological polar surface area (TPSA) is 40.2 Å². The van der Waals surface area contributed by atoms with Crippen molar-refractivity contribution in [2.45, 2.75) is 26.1 Å². The molecule has 4 rings (SSSR count). The van der Waals surface area contributed by atoms with Crippen molar-refractivity contribution >= 4 is 5.57 Å². The van der Waals surface area contributed by atoms with E-state index in [0.29, 0.717) is 0 Å². The van der Waals surface area contributed by atoms with E-state index in [2.05, 4.69) is 81.2 Å². The number of hydrogen-bond donors (Lipinski definition) is 2. The molecule has 1 aromatic heterocycles. The van der Waals surface area contributed by atoms with Crippen LogP contribution in [0, 0.1) is 0 Å². The van der Waals surface area contributed by atoms with Gasteiger partial charge in [0.15, 0.2) is 0 Å². The minimum atomic E-state index is 0.815. The van der Waals surface area contributed by atoms with E-state index in [1.54, 1.807) is 0 Å². The monoisotopic (exact) mass is 412 g/mol. The summed E-state index contributed by atoms with van der Waals surface area (Å²) in [7, 11) is 0. The lowest BCUT2D eigenvalue weighted by Crippen LogP contribution is -2.28.